The average molecular weight is 306 g/mol. The van der Waals surface area contributed by atoms with E-state index < -0.39 is 5.92 Å². The smallest absolute Gasteiger partial charge is 0.141 e. The van der Waals surface area contributed by atoms with Crippen molar-refractivity contribution in [2.24, 2.45) is 5.92 Å². The molecular weight excluding hydrogens is 284 g/mol. The maximum Gasteiger partial charge on any atom is 0.141 e. The van der Waals surface area contributed by atoms with Crippen molar-refractivity contribution < 1.29 is 9.59 Å². The lowest BCUT2D eigenvalue weighted by Gasteiger charge is -2.21. The molecule has 23 heavy (non-hydrogen) atoms. The number of ketones is 2. The maximum atomic E-state index is 12.0. The molecule has 2 aromatic carbocycles. The Morgan fingerprint density at radius 3 is 1.96 bits per heavy atom. The molecule has 0 aliphatic rings. The highest BCUT2D eigenvalue weighted by Gasteiger charge is 2.29. The van der Waals surface area contributed by atoms with Crippen molar-refractivity contribution in [2.75, 3.05) is 0 Å². The largest absolute Gasteiger partial charge is 0.299 e. The summed E-state index contributed by atoms with van der Waals surface area (Å²) >= 11 is 0. The van der Waals surface area contributed by atoms with Gasteiger partial charge in [-0.3, -0.25) is 9.59 Å². The van der Waals surface area contributed by atoms with E-state index in [0.717, 1.165) is 16.7 Å². The van der Waals surface area contributed by atoms with E-state index >= 15 is 0 Å². The predicted molar refractivity (Wildman–Crippen MR) is 94.2 cm³/mol. The van der Waals surface area contributed by atoms with Crippen molar-refractivity contribution in [2.45, 2.75) is 26.7 Å². The summed E-state index contributed by atoms with van der Waals surface area (Å²) in [5.41, 5.74) is 3.19. The summed E-state index contributed by atoms with van der Waals surface area (Å²) in [5, 5.41) is 0. The number of hydrogen-bond donors (Lipinski definition) is 0. The Labute approximate surface area is 137 Å². The minimum absolute atomic E-state index is 0.0965. The molecule has 0 aromatic heterocycles. The molecule has 1 unspecified atom stereocenters. The van der Waals surface area contributed by atoms with E-state index in [0.29, 0.717) is 0 Å². The number of aryl methyl sites for hydroxylation is 1. The van der Waals surface area contributed by atoms with Crippen LogP contribution in [-0.4, -0.2) is 11.6 Å². The molecule has 2 nitrogen and oxygen atoms in total. The van der Waals surface area contributed by atoms with Gasteiger partial charge in [0, 0.05) is 5.92 Å². The Morgan fingerprint density at radius 1 is 0.870 bits per heavy atom. The van der Waals surface area contributed by atoms with Crippen LogP contribution in [0.3, 0.4) is 0 Å². The molecule has 0 saturated heterocycles. The molecule has 0 spiro atoms. The van der Waals surface area contributed by atoms with Gasteiger partial charge < -0.3 is 0 Å². The SMILES string of the molecule is CC(=O)C(C(C)=O)C(/C=C/c1ccccc1)c1ccc(C)cc1. The Bertz CT molecular complexity index is 682. The summed E-state index contributed by atoms with van der Waals surface area (Å²) < 4.78 is 0. The summed E-state index contributed by atoms with van der Waals surface area (Å²) in [7, 11) is 0. The highest BCUT2D eigenvalue weighted by molar-refractivity contribution is 6.01. The fourth-order valence-corrected chi connectivity index (χ4v) is 2.77. The number of hydrogen-bond acceptors (Lipinski definition) is 2. The van der Waals surface area contributed by atoms with Crippen molar-refractivity contribution in [1.29, 1.82) is 0 Å². The lowest BCUT2D eigenvalue weighted by atomic mass is 9.80. The van der Waals surface area contributed by atoms with E-state index in [-0.39, 0.29) is 17.5 Å². The van der Waals surface area contributed by atoms with E-state index in [4.69, 9.17) is 0 Å². The third-order valence-corrected chi connectivity index (χ3v) is 3.99. The van der Waals surface area contributed by atoms with Gasteiger partial charge in [-0.1, -0.05) is 72.3 Å². The van der Waals surface area contributed by atoms with Gasteiger partial charge in [0.2, 0.25) is 0 Å². The van der Waals surface area contributed by atoms with Crippen LogP contribution in [0.5, 0.6) is 0 Å². The summed E-state index contributed by atoms with van der Waals surface area (Å²) in [6, 6.07) is 17.9. The highest BCUT2D eigenvalue weighted by Crippen LogP contribution is 2.29. The summed E-state index contributed by atoms with van der Waals surface area (Å²) in [6.45, 7) is 5.00. The van der Waals surface area contributed by atoms with Gasteiger partial charge in [-0.2, -0.15) is 0 Å². The number of Topliss-reactive ketones (excluding diaryl/α,β-unsaturated/α-hetero) is 2. The molecule has 0 saturated carbocycles. The van der Waals surface area contributed by atoms with Gasteiger partial charge in [-0.25, -0.2) is 0 Å². The van der Waals surface area contributed by atoms with E-state index in [2.05, 4.69) is 0 Å². The molecule has 0 radical (unpaired) electrons. The fraction of sp³-hybridized carbons (Fsp3) is 0.238. The second-order valence-corrected chi connectivity index (χ2v) is 5.91. The standard InChI is InChI=1S/C21H22O2/c1-15-9-12-19(13-10-15)20(21(16(2)22)17(3)23)14-11-18-7-5-4-6-8-18/h4-14,20-21H,1-3H3/b14-11+. The summed E-state index contributed by atoms with van der Waals surface area (Å²) in [5.74, 6) is -1.08. The van der Waals surface area contributed by atoms with E-state index in [1.165, 1.54) is 13.8 Å². The van der Waals surface area contributed by atoms with Gasteiger partial charge in [0.05, 0.1) is 5.92 Å². The number of rotatable bonds is 6. The second kappa shape index (κ2) is 7.68. The number of carbonyl (C=O) groups excluding carboxylic acids is 2. The third-order valence-electron chi connectivity index (χ3n) is 3.99. The molecule has 0 amide bonds. The van der Waals surface area contributed by atoms with Crippen molar-refractivity contribution in [3.8, 4) is 0 Å². The fourth-order valence-electron chi connectivity index (χ4n) is 2.77. The third kappa shape index (κ3) is 4.49. The van der Waals surface area contributed by atoms with Crippen molar-refractivity contribution in [1.82, 2.24) is 0 Å². The molecule has 0 heterocycles. The molecule has 118 valence electrons. The number of benzene rings is 2. The Balaban J connectivity index is 2.42. The number of carbonyl (C=O) groups is 2. The molecular formula is C21H22O2. The molecule has 0 N–H and O–H groups in total. The van der Waals surface area contributed by atoms with Gasteiger partial charge in [-0.15, -0.1) is 0 Å². The van der Waals surface area contributed by atoms with Crippen LogP contribution in [0, 0.1) is 12.8 Å². The average Bonchev–Trinajstić information content (AvgIpc) is 2.52. The minimum Gasteiger partial charge on any atom is -0.299 e. The first-order valence-electron chi connectivity index (χ1n) is 7.79. The van der Waals surface area contributed by atoms with Crippen LogP contribution in [0.25, 0.3) is 6.08 Å². The highest BCUT2D eigenvalue weighted by atomic mass is 16.1. The van der Waals surface area contributed by atoms with Gasteiger partial charge in [0.15, 0.2) is 0 Å². The first kappa shape index (κ1) is 16.9. The second-order valence-electron chi connectivity index (χ2n) is 5.91. The van der Waals surface area contributed by atoms with Gasteiger partial charge >= 0.3 is 0 Å². The lowest BCUT2D eigenvalue weighted by Crippen LogP contribution is -2.26. The number of allylic oxidation sites excluding steroid dienone is 1. The summed E-state index contributed by atoms with van der Waals surface area (Å²) in [6.07, 6.45) is 3.94. The topological polar surface area (TPSA) is 34.1 Å². The first-order chi connectivity index (χ1) is 11.0. The quantitative estimate of drug-likeness (QED) is 0.732. The van der Waals surface area contributed by atoms with Gasteiger partial charge in [0.25, 0.3) is 0 Å². The molecule has 1 atom stereocenters. The van der Waals surface area contributed by atoms with Crippen LogP contribution >= 0.6 is 0 Å². The van der Waals surface area contributed by atoms with Crippen molar-refractivity contribution in [3.63, 3.8) is 0 Å². The maximum absolute atomic E-state index is 12.0. The van der Waals surface area contributed by atoms with Gasteiger partial charge in [-0.05, 0) is 31.9 Å². The van der Waals surface area contributed by atoms with Crippen LogP contribution in [0.2, 0.25) is 0 Å². The summed E-state index contributed by atoms with van der Waals surface area (Å²) in [4.78, 5) is 24.0. The van der Waals surface area contributed by atoms with E-state index in [1.807, 2.05) is 73.7 Å². The first-order valence-corrected chi connectivity index (χ1v) is 7.79. The predicted octanol–water partition coefficient (Wildman–Crippen LogP) is 4.59. The van der Waals surface area contributed by atoms with E-state index in [9.17, 15) is 9.59 Å². The zero-order valence-corrected chi connectivity index (χ0v) is 13.8. The van der Waals surface area contributed by atoms with Crippen LogP contribution < -0.4 is 0 Å². The monoisotopic (exact) mass is 306 g/mol. The Morgan fingerprint density at radius 2 is 1.43 bits per heavy atom. The van der Waals surface area contributed by atoms with Crippen molar-refractivity contribution >= 4 is 17.6 Å². The molecule has 0 fully saturated rings. The van der Waals surface area contributed by atoms with Crippen LogP contribution in [-0.2, 0) is 9.59 Å². The van der Waals surface area contributed by atoms with Crippen LogP contribution in [0.4, 0.5) is 0 Å². The normalized spacial score (nSPS) is 12.5. The van der Waals surface area contributed by atoms with Crippen molar-refractivity contribution in [3.05, 3.63) is 77.4 Å². The van der Waals surface area contributed by atoms with E-state index in [1.54, 1.807) is 0 Å². The molecule has 2 heteroatoms. The van der Waals surface area contributed by atoms with Crippen LogP contribution in [0.15, 0.2) is 60.7 Å². The van der Waals surface area contributed by atoms with Crippen LogP contribution in [0.1, 0.15) is 36.5 Å². The zero-order chi connectivity index (χ0) is 16.8. The lowest BCUT2D eigenvalue weighted by molar-refractivity contribution is -0.130. The molecule has 2 rings (SSSR count). The minimum atomic E-state index is -0.641. The Kier molecular flexibility index (Phi) is 5.64. The molecule has 0 aliphatic carbocycles. The van der Waals surface area contributed by atoms with Gasteiger partial charge in [0.1, 0.15) is 11.6 Å². The molecule has 2 aromatic rings. The Hall–Kier alpha value is -2.48. The molecule has 0 aliphatic heterocycles. The molecule has 0 bridgehead atoms. The zero-order valence-electron chi connectivity index (χ0n) is 13.8.